The second kappa shape index (κ2) is 15.7. The summed E-state index contributed by atoms with van der Waals surface area (Å²) in [5, 5.41) is 29.7. The first-order chi connectivity index (χ1) is 10.8. The van der Waals surface area contributed by atoms with E-state index in [-0.39, 0.29) is 33.0 Å². The molecule has 23 heavy (non-hydrogen) atoms. The minimum atomic E-state index is -2.60. The van der Waals surface area contributed by atoms with Gasteiger partial charge in [0.05, 0.1) is 38.6 Å². The lowest BCUT2D eigenvalue weighted by Crippen LogP contribution is -2.55. The van der Waals surface area contributed by atoms with E-state index in [1.807, 2.05) is 13.8 Å². The predicted octanol–water partition coefficient (Wildman–Crippen LogP) is 0.803. The molecule has 0 aromatic heterocycles. The lowest BCUT2D eigenvalue weighted by Gasteiger charge is -2.29. The van der Waals surface area contributed by atoms with E-state index in [0.717, 1.165) is 0 Å². The predicted molar refractivity (Wildman–Crippen MR) is 89.2 cm³/mol. The summed E-state index contributed by atoms with van der Waals surface area (Å²) in [7, 11) is -5.21. The average molecular weight is 379 g/mol. The molecule has 0 aliphatic heterocycles. The second-order valence-electron chi connectivity index (χ2n) is 5.00. The molecular weight excluding hydrogens is 348 g/mol. The summed E-state index contributed by atoms with van der Waals surface area (Å²) in [5.74, 6) is 0.425. The van der Waals surface area contributed by atoms with E-state index < -0.39 is 22.0 Å². The zero-order valence-electron chi connectivity index (χ0n) is 14.2. The lowest BCUT2D eigenvalue weighted by atomic mass is 10.0. The van der Waals surface area contributed by atoms with Crippen LogP contribution in [0.4, 0.5) is 0 Å². The molecule has 0 fully saturated rings. The highest BCUT2D eigenvalue weighted by Crippen LogP contribution is 2.39. The Morgan fingerprint density at radius 3 is 1.61 bits per heavy atom. The van der Waals surface area contributed by atoms with Gasteiger partial charge in [0, 0.05) is 0 Å². The van der Waals surface area contributed by atoms with Gasteiger partial charge in [0.2, 0.25) is 0 Å². The van der Waals surface area contributed by atoms with Gasteiger partial charge in [0.15, 0.2) is 0 Å². The number of rotatable bonds is 12. The van der Waals surface area contributed by atoms with Crippen LogP contribution in [0.25, 0.3) is 0 Å². The molecule has 9 nitrogen and oxygen atoms in total. The van der Waals surface area contributed by atoms with Gasteiger partial charge < -0.3 is 29.7 Å². The SMILES string of the molecule is CC(C)CNC(CO)(CO)CO.CCO[PH](=O)O[PH](=O)OCC. The molecule has 0 radical (unpaired) electrons. The van der Waals surface area contributed by atoms with Crippen LogP contribution in [0.3, 0.4) is 0 Å². The Bertz CT molecular complexity index is 302. The molecule has 2 atom stereocenters. The summed E-state index contributed by atoms with van der Waals surface area (Å²) in [6.45, 7) is 7.83. The number of nitrogens with one attached hydrogen (secondary N) is 1. The van der Waals surface area contributed by atoms with Crippen molar-refractivity contribution in [1.82, 2.24) is 5.32 Å². The summed E-state index contributed by atoms with van der Waals surface area (Å²) in [4.78, 5) is 0. The Labute approximate surface area is 139 Å². The Hall–Kier alpha value is 0.180. The molecule has 0 rings (SSSR count). The van der Waals surface area contributed by atoms with Crippen molar-refractivity contribution in [3.8, 4) is 0 Å². The summed E-state index contributed by atoms with van der Waals surface area (Å²) in [5.41, 5.74) is -0.926. The molecule has 0 aliphatic rings. The van der Waals surface area contributed by atoms with E-state index in [1.165, 1.54) is 0 Å². The van der Waals surface area contributed by atoms with Crippen LogP contribution in [0.1, 0.15) is 27.7 Å². The van der Waals surface area contributed by atoms with Gasteiger partial charge in [0.25, 0.3) is 0 Å². The Kier molecular flexibility index (Phi) is 17.3. The molecule has 0 amide bonds. The van der Waals surface area contributed by atoms with Gasteiger partial charge in [0.1, 0.15) is 0 Å². The molecule has 0 saturated carbocycles. The third-order valence-electron chi connectivity index (χ3n) is 2.48. The number of aliphatic hydroxyl groups is 3. The van der Waals surface area contributed by atoms with Crippen LogP contribution in [-0.4, -0.2) is 60.4 Å². The quantitative estimate of drug-likeness (QED) is 0.363. The Balaban J connectivity index is 0. The summed E-state index contributed by atoms with van der Waals surface area (Å²) < 4.78 is 34.7. The first kappa shape index (κ1) is 25.4. The topological polar surface area (TPSA) is 135 Å². The van der Waals surface area contributed by atoms with Gasteiger partial charge in [-0.2, -0.15) is 0 Å². The van der Waals surface area contributed by atoms with E-state index in [0.29, 0.717) is 12.5 Å². The number of hydrogen-bond donors (Lipinski definition) is 4. The minimum Gasteiger partial charge on any atom is -0.394 e. The van der Waals surface area contributed by atoms with E-state index in [4.69, 9.17) is 15.3 Å². The standard InChI is InChI=1S/C8H19NO3.C4H12O5P2/c1-7(2)3-9-8(4-10,5-11)6-12;1-3-7-10(5)9-11(6)8-4-2/h7,9-12H,3-6H2,1-2H3;10-11H,3-4H2,1-2H3. The normalized spacial score (nSPS) is 14.3. The average Bonchev–Trinajstić information content (AvgIpc) is 2.50. The molecule has 0 aliphatic carbocycles. The smallest absolute Gasteiger partial charge is 0.326 e. The number of hydrogen-bond acceptors (Lipinski definition) is 9. The molecule has 0 saturated heterocycles. The van der Waals surface area contributed by atoms with Crippen molar-refractivity contribution < 1.29 is 37.8 Å². The fourth-order valence-corrected chi connectivity index (χ4v) is 2.59. The maximum absolute atomic E-state index is 10.6. The van der Waals surface area contributed by atoms with Crippen molar-refractivity contribution in [2.75, 3.05) is 39.6 Å². The third-order valence-corrected chi connectivity index (χ3v) is 4.87. The zero-order chi connectivity index (χ0) is 18.3. The zero-order valence-corrected chi connectivity index (χ0v) is 16.2. The highest BCUT2D eigenvalue weighted by molar-refractivity contribution is 7.47. The van der Waals surface area contributed by atoms with Crippen LogP contribution in [0, 0.1) is 5.92 Å². The summed E-state index contributed by atoms with van der Waals surface area (Å²) >= 11 is 0. The highest BCUT2D eigenvalue weighted by atomic mass is 31.2. The molecule has 0 heterocycles. The first-order valence-corrected chi connectivity index (χ1v) is 9.84. The lowest BCUT2D eigenvalue weighted by molar-refractivity contribution is 0.0408. The van der Waals surface area contributed by atoms with Crippen molar-refractivity contribution in [3.05, 3.63) is 0 Å². The van der Waals surface area contributed by atoms with E-state index in [1.54, 1.807) is 13.8 Å². The molecule has 142 valence electrons. The maximum Gasteiger partial charge on any atom is 0.326 e. The third kappa shape index (κ3) is 14.2. The molecule has 0 bridgehead atoms. The van der Waals surface area contributed by atoms with Crippen LogP contribution < -0.4 is 5.32 Å². The van der Waals surface area contributed by atoms with Crippen molar-refractivity contribution in [2.24, 2.45) is 5.92 Å². The van der Waals surface area contributed by atoms with Gasteiger partial charge in [-0.1, -0.05) is 13.8 Å². The molecule has 2 unspecified atom stereocenters. The minimum absolute atomic E-state index is 0.257. The summed E-state index contributed by atoms with van der Waals surface area (Å²) in [6.07, 6.45) is 0. The van der Waals surface area contributed by atoms with Crippen molar-refractivity contribution in [2.45, 2.75) is 33.2 Å². The van der Waals surface area contributed by atoms with Crippen molar-refractivity contribution in [3.63, 3.8) is 0 Å². The second-order valence-corrected chi connectivity index (χ2v) is 7.39. The molecule has 0 spiro atoms. The first-order valence-electron chi connectivity index (χ1n) is 7.39. The Morgan fingerprint density at radius 2 is 1.35 bits per heavy atom. The van der Waals surface area contributed by atoms with Gasteiger partial charge >= 0.3 is 16.5 Å². The van der Waals surface area contributed by atoms with Crippen LogP contribution in [0.15, 0.2) is 0 Å². The monoisotopic (exact) mass is 379 g/mol. The maximum atomic E-state index is 10.6. The van der Waals surface area contributed by atoms with Gasteiger partial charge in [-0.05, 0) is 26.3 Å². The fourth-order valence-electron chi connectivity index (χ4n) is 1.10. The van der Waals surface area contributed by atoms with Crippen LogP contribution >= 0.6 is 16.5 Å². The highest BCUT2D eigenvalue weighted by Gasteiger charge is 2.26. The van der Waals surface area contributed by atoms with Crippen molar-refractivity contribution in [1.29, 1.82) is 0 Å². The van der Waals surface area contributed by atoms with Crippen LogP contribution in [-0.2, 0) is 22.5 Å². The van der Waals surface area contributed by atoms with Gasteiger partial charge in [-0.15, -0.1) is 0 Å². The van der Waals surface area contributed by atoms with E-state index in [9.17, 15) is 9.13 Å². The fraction of sp³-hybridized carbons (Fsp3) is 1.00. The van der Waals surface area contributed by atoms with Gasteiger partial charge in [-0.3, -0.25) is 9.13 Å². The molecule has 0 aromatic rings. The van der Waals surface area contributed by atoms with Crippen LogP contribution in [0.2, 0.25) is 0 Å². The number of aliphatic hydroxyl groups excluding tert-OH is 3. The Morgan fingerprint density at radius 1 is 0.957 bits per heavy atom. The molecular formula is C12H31NO8P2. The van der Waals surface area contributed by atoms with Crippen LogP contribution in [0.5, 0.6) is 0 Å². The summed E-state index contributed by atoms with van der Waals surface area (Å²) in [6, 6.07) is 0. The molecule has 4 N–H and O–H groups in total. The van der Waals surface area contributed by atoms with E-state index >= 15 is 0 Å². The molecule has 11 heteroatoms. The van der Waals surface area contributed by atoms with E-state index in [2.05, 4.69) is 18.7 Å². The van der Waals surface area contributed by atoms with Gasteiger partial charge in [-0.25, -0.2) is 4.31 Å². The molecule has 0 aromatic carbocycles. The van der Waals surface area contributed by atoms with Crippen molar-refractivity contribution >= 4 is 16.5 Å². The largest absolute Gasteiger partial charge is 0.394 e.